The molecule has 0 aliphatic carbocycles. The van der Waals surface area contributed by atoms with Gasteiger partial charge in [-0.1, -0.05) is 13.8 Å². The summed E-state index contributed by atoms with van der Waals surface area (Å²) in [5.41, 5.74) is 2.36. The highest BCUT2D eigenvalue weighted by molar-refractivity contribution is 9.10. The molecule has 0 aromatic carbocycles. The Labute approximate surface area is 134 Å². The minimum Gasteiger partial charge on any atom is -0.307 e. The van der Waals surface area contributed by atoms with Crippen molar-refractivity contribution in [3.05, 3.63) is 16.7 Å². The summed E-state index contributed by atoms with van der Waals surface area (Å²) in [6.07, 6.45) is 3.30. The highest BCUT2D eigenvalue weighted by Crippen LogP contribution is 2.30. The number of halogens is 1. The van der Waals surface area contributed by atoms with Crippen molar-refractivity contribution in [3.63, 3.8) is 0 Å². The van der Waals surface area contributed by atoms with Gasteiger partial charge in [-0.25, -0.2) is 19.2 Å². The second-order valence-electron chi connectivity index (χ2n) is 5.63. The number of pyridine rings is 1. The summed E-state index contributed by atoms with van der Waals surface area (Å²) in [7, 11) is -3.58. The Morgan fingerprint density at radius 1 is 1.43 bits per heavy atom. The summed E-state index contributed by atoms with van der Waals surface area (Å²) < 4.78 is 27.7. The van der Waals surface area contributed by atoms with Crippen LogP contribution >= 0.6 is 15.9 Å². The zero-order chi connectivity index (χ0) is 15.6. The third kappa shape index (κ3) is 3.56. The number of nitrogens with zero attached hydrogens (tertiary/aromatic N) is 2. The van der Waals surface area contributed by atoms with E-state index in [1.54, 1.807) is 0 Å². The van der Waals surface area contributed by atoms with Gasteiger partial charge in [0.1, 0.15) is 4.90 Å². The number of nitrogens with one attached hydrogen (secondary N) is 1. The van der Waals surface area contributed by atoms with Gasteiger partial charge in [0, 0.05) is 23.8 Å². The minimum absolute atomic E-state index is 0.113. The molecule has 2 heterocycles. The molecule has 0 bridgehead atoms. The Hall–Kier alpha value is -0.700. The van der Waals surface area contributed by atoms with Crippen molar-refractivity contribution in [1.29, 1.82) is 0 Å². The van der Waals surface area contributed by atoms with E-state index in [0.29, 0.717) is 29.4 Å². The van der Waals surface area contributed by atoms with Crippen molar-refractivity contribution in [2.45, 2.75) is 31.6 Å². The van der Waals surface area contributed by atoms with Gasteiger partial charge in [-0.2, -0.15) is 4.31 Å². The van der Waals surface area contributed by atoms with Crippen molar-refractivity contribution in [2.24, 2.45) is 17.7 Å². The van der Waals surface area contributed by atoms with Gasteiger partial charge in [-0.15, -0.1) is 0 Å². The smallest absolute Gasteiger partial charge is 0.246 e. The van der Waals surface area contributed by atoms with Gasteiger partial charge >= 0.3 is 0 Å². The van der Waals surface area contributed by atoms with Crippen LogP contribution < -0.4 is 11.3 Å². The van der Waals surface area contributed by atoms with Crippen LogP contribution in [0.15, 0.2) is 21.6 Å². The number of piperidine rings is 1. The predicted octanol–water partition coefficient (Wildman–Crippen LogP) is 2.19. The topological polar surface area (TPSA) is 88.3 Å². The first-order chi connectivity index (χ1) is 9.86. The largest absolute Gasteiger partial charge is 0.307 e. The quantitative estimate of drug-likeness (QED) is 0.620. The van der Waals surface area contributed by atoms with Crippen molar-refractivity contribution in [2.75, 3.05) is 18.5 Å². The predicted molar refractivity (Wildman–Crippen MR) is 86.1 cm³/mol. The van der Waals surface area contributed by atoms with E-state index in [1.165, 1.54) is 16.6 Å². The van der Waals surface area contributed by atoms with Crippen LogP contribution in [-0.2, 0) is 10.0 Å². The lowest BCUT2D eigenvalue weighted by Gasteiger charge is -2.33. The Balaban J connectivity index is 2.25. The third-order valence-corrected chi connectivity index (χ3v) is 6.36. The molecule has 1 saturated heterocycles. The van der Waals surface area contributed by atoms with E-state index in [0.717, 1.165) is 12.8 Å². The fourth-order valence-corrected chi connectivity index (χ4v) is 4.73. The Kier molecular flexibility index (Phi) is 5.24. The van der Waals surface area contributed by atoms with Gasteiger partial charge < -0.3 is 5.43 Å². The number of nitrogens with two attached hydrogens (primary N) is 1. The van der Waals surface area contributed by atoms with Crippen LogP contribution in [0, 0.1) is 11.8 Å². The third-order valence-electron chi connectivity index (χ3n) is 4.02. The fourth-order valence-electron chi connectivity index (χ4n) is 2.65. The number of aromatic nitrogens is 1. The second-order valence-corrected chi connectivity index (χ2v) is 8.45. The van der Waals surface area contributed by atoms with E-state index in [4.69, 9.17) is 5.84 Å². The highest BCUT2D eigenvalue weighted by atomic mass is 79.9. The lowest BCUT2D eigenvalue weighted by molar-refractivity contribution is 0.226. The number of hydrogen-bond donors (Lipinski definition) is 2. The molecule has 1 fully saturated rings. The molecule has 3 N–H and O–H groups in total. The van der Waals surface area contributed by atoms with Crippen LogP contribution in [-0.4, -0.2) is 30.8 Å². The molecule has 0 atom stereocenters. The molecule has 0 saturated carbocycles. The molecule has 0 spiro atoms. The van der Waals surface area contributed by atoms with Crippen molar-refractivity contribution < 1.29 is 8.42 Å². The van der Waals surface area contributed by atoms with Crippen LogP contribution in [0.5, 0.6) is 0 Å². The number of rotatable bonds is 4. The summed E-state index contributed by atoms with van der Waals surface area (Å²) in [6.45, 7) is 5.45. The van der Waals surface area contributed by atoms with Crippen molar-refractivity contribution in [3.8, 4) is 0 Å². The maximum absolute atomic E-state index is 12.8. The summed E-state index contributed by atoms with van der Waals surface area (Å²) in [5, 5.41) is 0. The highest BCUT2D eigenvalue weighted by Gasteiger charge is 2.32. The summed E-state index contributed by atoms with van der Waals surface area (Å²) in [6, 6.07) is 1.53. The molecule has 1 aromatic rings. The number of anilines is 1. The minimum atomic E-state index is -3.58. The molecule has 118 valence electrons. The standard InChI is InChI=1S/C13H21BrN4O2S/c1-9(2)10-3-5-18(6-4-10)21(19,20)12-7-11(14)8-16-13(12)17-15/h7-10H,3-6,15H2,1-2H3,(H,16,17). The molecule has 1 aliphatic heterocycles. The van der Waals surface area contributed by atoms with E-state index in [-0.39, 0.29) is 10.7 Å². The number of sulfonamides is 1. The van der Waals surface area contributed by atoms with E-state index < -0.39 is 10.0 Å². The van der Waals surface area contributed by atoms with Crippen LogP contribution in [0.2, 0.25) is 0 Å². The molecule has 1 aliphatic rings. The zero-order valence-corrected chi connectivity index (χ0v) is 14.6. The summed E-state index contributed by atoms with van der Waals surface area (Å²) in [4.78, 5) is 4.13. The van der Waals surface area contributed by atoms with Crippen LogP contribution in [0.3, 0.4) is 0 Å². The first-order valence-corrected chi connectivity index (χ1v) is 9.22. The number of hydrazine groups is 1. The average molecular weight is 377 g/mol. The zero-order valence-electron chi connectivity index (χ0n) is 12.2. The van der Waals surface area contributed by atoms with Gasteiger partial charge in [-0.3, -0.25) is 0 Å². The Morgan fingerprint density at radius 2 is 2.05 bits per heavy atom. The fraction of sp³-hybridized carbons (Fsp3) is 0.615. The number of hydrogen-bond acceptors (Lipinski definition) is 5. The van der Waals surface area contributed by atoms with Gasteiger partial charge in [0.2, 0.25) is 10.0 Å². The van der Waals surface area contributed by atoms with Gasteiger partial charge in [0.05, 0.1) is 0 Å². The van der Waals surface area contributed by atoms with Gasteiger partial charge in [-0.05, 0) is 46.7 Å². The first kappa shape index (κ1) is 16.7. The summed E-state index contributed by atoms with van der Waals surface area (Å²) >= 11 is 3.26. The number of nitrogen functional groups attached to an aromatic ring is 1. The lowest BCUT2D eigenvalue weighted by Crippen LogP contribution is -2.39. The average Bonchev–Trinajstić information content (AvgIpc) is 2.47. The van der Waals surface area contributed by atoms with E-state index in [1.807, 2.05) is 0 Å². The van der Waals surface area contributed by atoms with Gasteiger partial charge in [0.25, 0.3) is 0 Å². The lowest BCUT2D eigenvalue weighted by atomic mass is 9.87. The van der Waals surface area contributed by atoms with Crippen molar-refractivity contribution in [1.82, 2.24) is 9.29 Å². The normalized spacial score (nSPS) is 18.1. The van der Waals surface area contributed by atoms with Crippen LogP contribution in [0.1, 0.15) is 26.7 Å². The molecule has 8 heteroatoms. The molecule has 21 heavy (non-hydrogen) atoms. The van der Waals surface area contributed by atoms with Crippen LogP contribution in [0.25, 0.3) is 0 Å². The molecule has 6 nitrogen and oxygen atoms in total. The monoisotopic (exact) mass is 376 g/mol. The van der Waals surface area contributed by atoms with E-state index in [9.17, 15) is 8.42 Å². The molecule has 1 aromatic heterocycles. The van der Waals surface area contributed by atoms with E-state index >= 15 is 0 Å². The molecule has 0 unspecified atom stereocenters. The Morgan fingerprint density at radius 3 is 2.57 bits per heavy atom. The summed E-state index contributed by atoms with van der Waals surface area (Å²) in [5.74, 6) is 6.72. The molecule has 0 amide bonds. The SMILES string of the molecule is CC(C)C1CCN(S(=O)(=O)c2cc(Br)cnc2NN)CC1. The first-order valence-electron chi connectivity index (χ1n) is 6.98. The molecule has 0 radical (unpaired) electrons. The molecular weight excluding hydrogens is 356 g/mol. The Bertz CT molecular complexity index is 598. The van der Waals surface area contributed by atoms with Gasteiger partial charge in [0.15, 0.2) is 5.82 Å². The molecule has 2 rings (SSSR count). The van der Waals surface area contributed by atoms with Crippen LogP contribution in [0.4, 0.5) is 5.82 Å². The second kappa shape index (κ2) is 6.60. The molecular formula is C13H21BrN4O2S. The van der Waals surface area contributed by atoms with E-state index in [2.05, 4.69) is 40.2 Å². The van der Waals surface area contributed by atoms with Crippen molar-refractivity contribution >= 4 is 31.8 Å². The maximum Gasteiger partial charge on any atom is 0.246 e. The maximum atomic E-state index is 12.8.